The van der Waals surface area contributed by atoms with E-state index in [-0.39, 0.29) is 6.03 Å². The van der Waals surface area contributed by atoms with Gasteiger partial charge < -0.3 is 15.4 Å². The first-order valence-corrected chi connectivity index (χ1v) is 7.29. The van der Waals surface area contributed by atoms with Gasteiger partial charge in [-0.15, -0.1) is 0 Å². The van der Waals surface area contributed by atoms with Crippen molar-refractivity contribution in [3.8, 4) is 5.75 Å². The van der Waals surface area contributed by atoms with Crippen molar-refractivity contribution in [1.29, 1.82) is 0 Å². The third kappa shape index (κ3) is 4.77. The number of amides is 2. The number of carbonyl (C=O) groups is 1. The second kappa shape index (κ2) is 7.45. The summed E-state index contributed by atoms with van der Waals surface area (Å²) in [6.45, 7) is 6.06. The fourth-order valence-electron chi connectivity index (χ4n) is 1.95. The highest BCUT2D eigenvalue weighted by Crippen LogP contribution is 2.19. The topological polar surface area (TPSA) is 63.2 Å². The molecule has 1 aromatic heterocycles. The highest BCUT2D eigenvalue weighted by Gasteiger charge is 2.09. The summed E-state index contributed by atoms with van der Waals surface area (Å²) in [5, 5.41) is 5.40. The number of benzene rings is 1. The Morgan fingerprint density at radius 3 is 2.45 bits per heavy atom. The third-order valence-corrected chi connectivity index (χ3v) is 3.11. The van der Waals surface area contributed by atoms with Gasteiger partial charge in [-0.3, -0.25) is 4.98 Å². The van der Waals surface area contributed by atoms with Crippen LogP contribution in [-0.4, -0.2) is 17.2 Å². The number of nitrogens with one attached hydrogen (secondary N) is 2. The zero-order valence-electron chi connectivity index (χ0n) is 13.0. The molecule has 0 saturated carbocycles. The maximum absolute atomic E-state index is 11.8. The fraction of sp³-hybridized carbons (Fsp3) is 0.294. The Kier molecular flexibility index (Phi) is 5.36. The lowest BCUT2D eigenvalue weighted by Crippen LogP contribution is -2.39. The monoisotopic (exact) mass is 299 g/mol. The number of ether oxygens (including phenoxy) is 1. The van der Waals surface area contributed by atoms with Crippen LogP contribution in [0.5, 0.6) is 5.75 Å². The number of aromatic nitrogens is 1. The highest BCUT2D eigenvalue weighted by molar-refractivity contribution is 5.89. The summed E-state index contributed by atoms with van der Waals surface area (Å²) in [7, 11) is 0. The summed E-state index contributed by atoms with van der Waals surface area (Å²) in [6.07, 6.45) is 2.78. The lowest BCUT2D eigenvalue weighted by molar-refractivity contribution is 0.183. The Morgan fingerprint density at radius 1 is 1.14 bits per heavy atom. The Morgan fingerprint density at radius 2 is 1.86 bits per heavy atom. The standard InChI is InChI=1S/C17H21N3O2/c1-12(2)14-6-8-16(9-7-14)22-13(3)19-17(21)20-15-5-4-10-18-11-15/h4-13H,1-3H3,(H2,19,20,21). The van der Waals surface area contributed by atoms with Crippen LogP contribution >= 0.6 is 0 Å². The van der Waals surface area contributed by atoms with Crippen LogP contribution in [0.2, 0.25) is 0 Å². The molecule has 22 heavy (non-hydrogen) atoms. The van der Waals surface area contributed by atoms with Gasteiger partial charge in [0.2, 0.25) is 0 Å². The summed E-state index contributed by atoms with van der Waals surface area (Å²) in [6, 6.07) is 11.1. The quantitative estimate of drug-likeness (QED) is 0.826. The van der Waals surface area contributed by atoms with Crippen molar-refractivity contribution in [3.63, 3.8) is 0 Å². The predicted octanol–water partition coefficient (Wildman–Crippen LogP) is 3.75. The van der Waals surface area contributed by atoms with Crippen molar-refractivity contribution in [2.24, 2.45) is 0 Å². The molecule has 0 aliphatic carbocycles. The Balaban J connectivity index is 1.84. The highest BCUT2D eigenvalue weighted by atomic mass is 16.5. The molecule has 0 saturated heterocycles. The molecule has 2 aromatic rings. The van der Waals surface area contributed by atoms with Gasteiger partial charge in [-0.2, -0.15) is 0 Å². The first-order valence-electron chi connectivity index (χ1n) is 7.29. The van der Waals surface area contributed by atoms with Crippen LogP contribution in [0.4, 0.5) is 10.5 Å². The van der Waals surface area contributed by atoms with Gasteiger partial charge in [0.05, 0.1) is 11.9 Å². The molecule has 2 N–H and O–H groups in total. The lowest BCUT2D eigenvalue weighted by Gasteiger charge is -2.17. The van der Waals surface area contributed by atoms with Crippen molar-refractivity contribution >= 4 is 11.7 Å². The first kappa shape index (κ1) is 15.8. The second-order valence-corrected chi connectivity index (χ2v) is 5.32. The minimum absolute atomic E-state index is 0.334. The van der Waals surface area contributed by atoms with Crippen LogP contribution in [0.1, 0.15) is 32.3 Å². The number of hydrogen-bond acceptors (Lipinski definition) is 3. The number of urea groups is 1. The number of rotatable bonds is 5. The van der Waals surface area contributed by atoms with Gasteiger partial charge in [-0.25, -0.2) is 4.79 Å². The van der Waals surface area contributed by atoms with Crippen LogP contribution in [0.15, 0.2) is 48.8 Å². The molecule has 0 bridgehead atoms. The molecule has 5 heteroatoms. The van der Waals surface area contributed by atoms with Gasteiger partial charge >= 0.3 is 6.03 Å². The molecule has 2 amide bonds. The minimum Gasteiger partial charge on any atom is -0.471 e. The molecule has 1 aromatic carbocycles. The van der Waals surface area contributed by atoms with Crippen molar-refractivity contribution in [2.45, 2.75) is 32.9 Å². The maximum atomic E-state index is 11.8. The normalized spacial score (nSPS) is 11.8. The molecule has 0 fully saturated rings. The molecule has 1 heterocycles. The summed E-state index contributed by atoms with van der Waals surface area (Å²) in [5.74, 6) is 1.20. The number of hydrogen-bond donors (Lipinski definition) is 2. The largest absolute Gasteiger partial charge is 0.471 e. The number of pyridine rings is 1. The molecule has 1 unspecified atom stereocenters. The zero-order chi connectivity index (χ0) is 15.9. The van der Waals surface area contributed by atoms with E-state index in [2.05, 4.69) is 29.5 Å². The summed E-state index contributed by atoms with van der Waals surface area (Å²) < 4.78 is 5.67. The first-order chi connectivity index (χ1) is 10.5. The van der Waals surface area contributed by atoms with Gasteiger partial charge in [-0.05, 0) is 42.7 Å². The lowest BCUT2D eigenvalue weighted by atomic mass is 10.0. The maximum Gasteiger partial charge on any atom is 0.322 e. The average molecular weight is 299 g/mol. The van der Waals surface area contributed by atoms with Crippen LogP contribution in [0.3, 0.4) is 0 Å². The molecular formula is C17H21N3O2. The number of nitrogens with zero attached hydrogens (tertiary/aromatic N) is 1. The van der Waals surface area contributed by atoms with E-state index in [9.17, 15) is 4.79 Å². The SMILES string of the molecule is CC(NC(=O)Nc1cccnc1)Oc1ccc(C(C)C)cc1. The van der Waals surface area contributed by atoms with E-state index in [0.717, 1.165) is 5.75 Å². The minimum atomic E-state index is -0.443. The van der Waals surface area contributed by atoms with Crippen molar-refractivity contribution in [2.75, 3.05) is 5.32 Å². The van der Waals surface area contributed by atoms with Crippen LogP contribution in [0, 0.1) is 0 Å². The van der Waals surface area contributed by atoms with E-state index in [0.29, 0.717) is 11.6 Å². The van der Waals surface area contributed by atoms with Gasteiger partial charge in [0, 0.05) is 6.20 Å². The van der Waals surface area contributed by atoms with Crippen molar-refractivity contribution in [3.05, 3.63) is 54.4 Å². The van der Waals surface area contributed by atoms with Crippen LogP contribution < -0.4 is 15.4 Å². The summed E-state index contributed by atoms with van der Waals surface area (Å²) >= 11 is 0. The number of anilines is 1. The smallest absolute Gasteiger partial charge is 0.322 e. The van der Waals surface area contributed by atoms with E-state index >= 15 is 0 Å². The molecular weight excluding hydrogens is 278 g/mol. The van der Waals surface area contributed by atoms with Gasteiger partial charge in [0.1, 0.15) is 5.75 Å². The van der Waals surface area contributed by atoms with E-state index in [1.807, 2.05) is 24.3 Å². The summed E-state index contributed by atoms with van der Waals surface area (Å²) in [4.78, 5) is 15.8. The van der Waals surface area contributed by atoms with Crippen molar-refractivity contribution < 1.29 is 9.53 Å². The Labute approximate surface area is 130 Å². The van der Waals surface area contributed by atoms with Crippen molar-refractivity contribution in [1.82, 2.24) is 10.3 Å². The Bertz CT molecular complexity index is 597. The predicted molar refractivity (Wildman–Crippen MR) is 87.0 cm³/mol. The molecule has 0 aliphatic rings. The van der Waals surface area contributed by atoms with E-state index in [1.165, 1.54) is 5.56 Å². The second-order valence-electron chi connectivity index (χ2n) is 5.32. The van der Waals surface area contributed by atoms with Gasteiger partial charge in [0.25, 0.3) is 0 Å². The zero-order valence-corrected chi connectivity index (χ0v) is 13.0. The van der Waals surface area contributed by atoms with Gasteiger partial charge in [0.15, 0.2) is 6.23 Å². The molecule has 116 valence electrons. The van der Waals surface area contributed by atoms with E-state index in [4.69, 9.17) is 4.74 Å². The fourth-order valence-corrected chi connectivity index (χ4v) is 1.95. The average Bonchev–Trinajstić information content (AvgIpc) is 2.48. The van der Waals surface area contributed by atoms with Gasteiger partial charge in [-0.1, -0.05) is 26.0 Å². The Hall–Kier alpha value is -2.56. The molecule has 0 radical (unpaired) electrons. The molecule has 1 atom stereocenters. The molecule has 0 spiro atoms. The van der Waals surface area contributed by atoms with E-state index < -0.39 is 6.23 Å². The van der Waals surface area contributed by atoms with E-state index in [1.54, 1.807) is 31.5 Å². The summed E-state index contributed by atoms with van der Waals surface area (Å²) in [5.41, 5.74) is 1.88. The molecule has 0 aliphatic heterocycles. The van der Waals surface area contributed by atoms with Crippen LogP contribution in [0.25, 0.3) is 0 Å². The molecule has 2 rings (SSSR count). The third-order valence-electron chi connectivity index (χ3n) is 3.11. The van der Waals surface area contributed by atoms with Crippen LogP contribution in [-0.2, 0) is 0 Å². The molecule has 5 nitrogen and oxygen atoms in total. The number of carbonyl (C=O) groups excluding carboxylic acids is 1.